The number of aryl methyl sites for hydroxylation is 2. The minimum Gasteiger partial charge on any atom is -0.313 e. The first-order valence-corrected chi connectivity index (χ1v) is 9.85. The van der Waals surface area contributed by atoms with Crippen molar-refractivity contribution in [2.24, 2.45) is 0 Å². The number of nitrogens with one attached hydrogen (secondary N) is 1. The van der Waals surface area contributed by atoms with Gasteiger partial charge in [0, 0.05) is 28.2 Å². The third-order valence-electron chi connectivity index (χ3n) is 4.07. The molecule has 4 aromatic rings. The minimum absolute atomic E-state index is 0.0696. The molecule has 0 aliphatic carbocycles. The molecule has 0 atom stereocenters. The Bertz CT molecular complexity index is 1090. The van der Waals surface area contributed by atoms with Crippen LogP contribution in [0.15, 0.2) is 48.1 Å². The highest BCUT2D eigenvalue weighted by atomic mass is 32.1. The minimum atomic E-state index is -0.523. The van der Waals surface area contributed by atoms with Gasteiger partial charge in [-0.3, -0.25) is 4.79 Å². The Morgan fingerprint density at radius 2 is 2.07 bits per heavy atom. The summed E-state index contributed by atoms with van der Waals surface area (Å²) in [5, 5.41) is 10.6. The molecular weight excluding hydrogens is 383 g/mol. The van der Waals surface area contributed by atoms with E-state index in [9.17, 15) is 9.18 Å². The van der Waals surface area contributed by atoms with Gasteiger partial charge in [0.25, 0.3) is 5.91 Å². The van der Waals surface area contributed by atoms with Gasteiger partial charge in [0.15, 0.2) is 0 Å². The smallest absolute Gasteiger partial charge is 0.259 e. The number of hydrogen-bond acceptors (Lipinski definition) is 5. The second-order valence-electron chi connectivity index (χ2n) is 5.94. The van der Waals surface area contributed by atoms with Crippen molar-refractivity contribution in [3.8, 4) is 15.6 Å². The maximum Gasteiger partial charge on any atom is 0.259 e. The van der Waals surface area contributed by atoms with Gasteiger partial charge in [-0.05, 0) is 37.6 Å². The lowest BCUT2D eigenvalue weighted by Crippen LogP contribution is -2.14. The van der Waals surface area contributed by atoms with E-state index in [1.165, 1.54) is 28.7 Å². The summed E-state index contributed by atoms with van der Waals surface area (Å²) >= 11 is 2.93. The summed E-state index contributed by atoms with van der Waals surface area (Å²) in [4.78, 5) is 17.7. The molecule has 1 amide bonds. The molecule has 0 saturated heterocycles. The predicted octanol–water partition coefficient (Wildman–Crippen LogP) is 5.07. The van der Waals surface area contributed by atoms with Crippen molar-refractivity contribution in [2.75, 3.05) is 5.32 Å². The lowest BCUT2D eigenvalue weighted by atomic mass is 10.1. The molecule has 0 spiro atoms. The maximum atomic E-state index is 14.0. The van der Waals surface area contributed by atoms with Crippen LogP contribution >= 0.6 is 22.7 Å². The molecule has 136 valence electrons. The highest BCUT2D eigenvalue weighted by molar-refractivity contribution is 7.19. The second kappa shape index (κ2) is 7.05. The van der Waals surface area contributed by atoms with Gasteiger partial charge in [-0.25, -0.2) is 14.1 Å². The summed E-state index contributed by atoms with van der Waals surface area (Å²) in [6.45, 7) is 3.65. The number of halogens is 1. The molecule has 8 heteroatoms. The number of anilines is 1. The van der Waals surface area contributed by atoms with E-state index < -0.39 is 11.7 Å². The molecular formula is C19H15FN4OS2. The number of benzene rings is 1. The second-order valence-corrected chi connectivity index (χ2v) is 7.89. The number of amides is 1. The molecule has 3 aromatic heterocycles. The van der Waals surface area contributed by atoms with Gasteiger partial charge in [0.1, 0.15) is 5.82 Å². The van der Waals surface area contributed by atoms with Crippen LogP contribution in [0.1, 0.15) is 21.6 Å². The van der Waals surface area contributed by atoms with Crippen LogP contribution in [0.4, 0.5) is 9.39 Å². The molecule has 0 aliphatic heterocycles. The summed E-state index contributed by atoms with van der Waals surface area (Å²) in [7, 11) is 0. The van der Waals surface area contributed by atoms with Crippen LogP contribution in [0.25, 0.3) is 15.6 Å². The van der Waals surface area contributed by atoms with Gasteiger partial charge < -0.3 is 5.32 Å². The van der Waals surface area contributed by atoms with Crippen molar-refractivity contribution in [3.63, 3.8) is 0 Å². The number of thiazole rings is 1. The lowest BCUT2D eigenvalue weighted by molar-refractivity contribution is 0.102. The van der Waals surface area contributed by atoms with Crippen LogP contribution in [0.2, 0.25) is 0 Å². The number of carbonyl (C=O) groups excluding carboxylic acids is 1. The van der Waals surface area contributed by atoms with Gasteiger partial charge in [-0.1, -0.05) is 12.1 Å². The number of thiophene rings is 1. The molecule has 0 radical (unpaired) electrons. The Morgan fingerprint density at radius 1 is 1.22 bits per heavy atom. The van der Waals surface area contributed by atoms with Gasteiger partial charge in [0.05, 0.1) is 16.3 Å². The Balaban J connectivity index is 1.58. The van der Waals surface area contributed by atoms with Gasteiger partial charge in [-0.15, -0.1) is 22.7 Å². The van der Waals surface area contributed by atoms with E-state index in [1.807, 2.05) is 30.6 Å². The molecule has 27 heavy (non-hydrogen) atoms. The number of carbonyl (C=O) groups is 1. The van der Waals surface area contributed by atoms with E-state index >= 15 is 0 Å². The Kier molecular flexibility index (Phi) is 4.59. The average Bonchev–Trinajstić information content (AvgIpc) is 3.35. The predicted molar refractivity (Wildman–Crippen MR) is 106 cm³/mol. The fourth-order valence-electron chi connectivity index (χ4n) is 2.77. The highest BCUT2D eigenvalue weighted by Crippen LogP contribution is 2.34. The highest BCUT2D eigenvalue weighted by Gasteiger charge is 2.17. The molecule has 3 heterocycles. The zero-order valence-electron chi connectivity index (χ0n) is 14.6. The summed E-state index contributed by atoms with van der Waals surface area (Å²) in [6.07, 6.45) is 3.66. The summed E-state index contributed by atoms with van der Waals surface area (Å²) in [5.41, 5.74) is 2.51. The number of rotatable bonds is 4. The van der Waals surface area contributed by atoms with Gasteiger partial charge in [-0.2, -0.15) is 5.10 Å². The molecule has 0 saturated carbocycles. The maximum absolute atomic E-state index is 14.0. The molecule has 1 N–H and O–H groups in total. The summed E-state index contributed by atoms with van der Waals surface area (Å²) in [6, 6.07) is 8.33. The number of aromatic nitrogens is 3. The van der Waals surface area contributed by atoms with E-state index in [0.29, 0.717) is 10.6 Å². The first-order chi connectivity index (χ1) is 13.0. The van der Waals surface area contributed by atoms with Gasteiger partial charge in [0.2, 0.25) is 5.13 Å². The van der Waals surface area contributed by atoms with Gasteiger partial charge >= 0.3 is 0 Å². The summed E-state index contributed by atoms with van der Waals surface area (Å²) in [5.74, 6) is -0.973. The molecule has 0 unspecified atom stereocenters. The Labute approximate surface area is 163 Å². The Hall–Kier alpha value is -2.84. The fraction of sp³-hybridized carbons (Fsp3) is 0.105. The average molecular weight is 398 g/mol. The lowest BCUT2D eigenvalue weighted by Gasteiger charge is -2.06. The molecule has 1 aromatic carbocycles. The van der Waals surface area contributed by atoms with Crippen LogP contribution in [0.3, 0.4) is 0 Å². The zero-order chi connectivity index (χ0) is 19.0. The molecule has 5 nitrogen and oxygen atoms in total. The zero-order valence-corrected chi connectivity index (χ0v) is 16.2. The van der Waals surface area contributed by atoms with Crippen LogP contribution in [-0.2, 0) is 0 Å². The Morgan fingerprint density at radius 3 is 2.81 bits per heavy atom. The largest absolute Gasteiger partial charge is 0.313 e. The third kappa shape index (κ3) is 3.41. The normalized spacial score (nSPS) is 10.9. The van der Waals surface area contributed by atoms with E-state index in [0.717, 1.165) is 21.3 Å². The van der Waals surface area contributed by atoms with Crippen LogP contribution in [-0.4, -0.2) is 20.7 Å². The van der Waals surface area contributed by atoms with Crippen molar-refractivity contribution in [1.29, 1.82) is 0 Å². The molecule has 4 rings (SSSR count). The third-order valence-corrected chi connectivity index (χ3v) is 5.87. The number of nitrogens with zero attached hydrogens (tertiary/aromatic N) is 3. The quantitative estimate of drug-likeness (QED) is 0.522. The topological polar surface area (TPSA) is 59.8 Å². The SMILES string of the molecule is Cc1cccc(F)c1C(=O)Nc1ccc(-c2cn(-c3nccs3)nc2C)s1. The monoisotopic (exact) mass is 398 g/mol. The first kappa shape index (κ1) is 17.6. The van der Waals surface area contributed by atoms with Crippen molar-refractivity contribution in [3.05, 3.63) is 70.7 Å². The van der Waals surface area contributed by atoms with E-state index in [4.69, 9.17) is 0 Å². The number of hydrogen-bond donors (Lipinski definition) is 1. The van der Waals surface area contributed by atoms with Crippen LogP contribution in [0, 0.1) is 19.7 Å². The van der Waals surface area contributed by atoms with Crippen molar-refractivity contribution in [2.45, 2.75) is 13.8 Å². The van der Waals surface area contributed by atoms with E-state index in [1.54, 1.807) is 29.9 Å². The molecule has 0 bridgehead atoms. The standard InChI is InChI=1S/C19H15FN4OS2/c1-11-4-3-5-14(20)17(11)18(25)22-16-7-6-15(27-16)13-10-24(23-12(13)2)19-21-8-9-26-19/h3-10H,1-2H3,(H,22,25). The van der Waals surface area contributed by atoms with Crippen LogP contribution in [0.5, 0.6) is 0 Å². The first-order valence-electron chi connectivity index (χ1n) is 8.16. The van der Waals surface area contributed by atoms with E-state index in [2.05, 4.69) is 15.4 Å². The van der Waals surface area contributed by atoms with E-state index in [-0.39, 0.29) is 5.56 Å². The summed E-state index contributed by atoms with van der Waals surface area (Å²) < 4.78 is 15.7. The van der Waals surface area contributed by atoms with Crippen molar-refractivity contribution in [1.82, 2.24) is 14.8 Å². The molecule has 0 aliphatic rings. The fourth-order valence-corrected chi connectivity index (χ4v) is 4.30. The molecule has 0 fully saturated rings. The van der Waals surface area contributed by atoms with Crippen molar-refractivity contribution >= 4 is 33.6 Å². The van der Waals surface area contributed by atoms with Crippen LogP contribution < -0.4 is 5.32 Å². The van der Waals surface area contributed by atoms with Crippen molar-refractivity contribution < 1.29 is 9.18 Å².